The van der Waals surface area contributed by atoms with E-state index in [4.69, 9.17) is 0 Å². The lowest BCUT2D eigenvalue weighted by Crippen LogP contribution is -2.41. The van der Waals surface area contributed by atoms with E-state index in [1.165, 1.54) is 33.3 Å². The molecule has 0 amide bonds. The smallest absolute Gasteiger partial charge is 0.374 e. The first-order chi connectivity index (χ1) is 10.9. The minimum atomic E-state index is 0.299. The van der Waals surface area contributed by atoms with E-state index in [0.717, 1.165) is 12.8 Å². The zero-order chi connectivity index (χ0) is 14.5. The highest BCUT2D eigenvalue weighted by Crippen LogP contribution is 2.39. The maximum Gasteiger partial charge on any atom is 0.374 e. The van der Waals surface area contributed by atoms with Crippen molar-refractivity contribution in [3.8, 4) is 0 Å². The summed E-state index contributed by atoms with van der Waals surface area (Å²) in [5.74, 6) is 0.598. The maximum absolute atomic E-state index is 3.73. The van der Waals surface area contributed by atoms with Crippen LogP contribution in [0.5, 0.6) is 0 Å². The minimum Gasteiger partial charge on any atom is -0.409 e. The maximum atomic E-state index is 3.73. The molecule has 0 saturated heterocycles. The van der Waals surface area contributed by atoms with E-state index in [1.807, 2.05) is 0 Å². The minimum absolute atomic E-state index is 0.299. The molecule has 22 heavy (non-hydrogen) atoms. The van der Waals surface area contributed by atoms with Crippen molar-refractivity contribution in [1.82, 2.24) is 0 Å². The van der Waals surface area contributed by atoms with Crippen molar-refractivity contribution in [2.75, 3.05) is 10.5 Å². The molecule has 1 heterocycles. The Kier molecular flexibility index (Phi) is 2.51. The Labute approximate surface area is 130 Å². The first-order valence-electron chi connectivity index (χ1n) is 8.00. The number of rotatable bonds is 1. The van der Waals surface area contributed by atoms with Crippen LogP contribution >= 0.6 is 0 Å². The van der Waals surface area contributed by atoms with Crippen LogP contribution in [-0.2, 0) is 12.8 Å². The quantitative estimate of drug-likeness (QED) is 0.650. The van der Waals surface area contributed by atoms with Crippen LogP contribution in [0.4, 0.5) is 11.4 Å². The van der Waals surface area contributed by atoms with Gasteiger partial charge >= 0.3 is 6.98 Å². The number of nitrogens with one attached hydrogen (secondary N) is 2. The number of fused-ring (bicyclic) bond motifs is 1. The lowest BCUT2D eigenvalue weighted by molar-refractivity contribution is 0.878. The number of anilines is 2. The van der Waals surface area contributed by atoms with Crippen molar-refractivity contribution in [2.24, 2.45) is 0 Å². The molecular formula is C19H17BN2. The van der Waals surface area contributed by atoms with E-state index in [-0.39, 0.29) is 0 Å². The van der Waals surface area contributed by atoms with Crippen LogP contribution in [0, 0.1) is 0 Å². The Morgan fingerprint density at radius 1 is 0.727 bits per heavy atom. The van der Waals surface area contributed by atoms with Crippen molar-refractivity contribution in [2.45, 2.75) is 18.7 Å². The van der Waals surface area contributed by atoms with Crippen molar-refractivity contribution in [3.05, 3.63) is 71.8 Å². The van der Waals surface area contributed by atoms with E-state index in [2.05, 4.69) is 71.1 Å². The van der Waals surface area contributed by atoms with Gasteiger partial charge in [-0.05, 0) is 47.3 Å². The lowest BCUT2D eigenvalue weighted by atomic mass is 9.59. The van der Waals surface area contributed by atoms with Crippen LogP contribution in [0.3, 0.4) is 0 Å². The zero-order valence-electron chi connectivity index (χ0n) is 12.3. The highest BCUT2D eigenvalue weighted by molar-refractivity contribution is 6.69. The first kappa shape index (κ1) is 12.2. The van der Waals surface area contributed by atoms with Gasteiger partial charge in [0.1, 0.15) is 0 Å². The van der Waals surface area contributed by atoms with Crippen molar-refractivity contribution >= 4 is 29.1 Å². The number of benzene rings is 3. The predicted octanol–water partition coefficient (Wildman–Crippen LogP) is 4.33. The second kappa shape index (κ2) is 4.54. The molecule has 0 bridgehead atoms. The fraction of sp³-hybridized carbons (Fsp3) is 0.158. The van der Waals surface area contributed by atoms with Gasteiger partial charge in [-0.25, -0.2) is 0 Å². The highest BCUT2D eigenvalue weighted by Gasteiger charge is 2.35. The molecule has 3 aromatic carbocycles. The van der Waals surface area contributed by atoms with Crippen molar-refractivity contribution in [1.29, 1.82) is 0 Å². The van der Waals surface area contributed by atoms with Gasteiger partial charge in [0.05, 0.1) is 0 Å². The molecule has 0 radical (unpaired) electrons. The summed E-state index contributed by atoms with van der Waals surface area (Å²) in [6, 6.07) is 21.9. The molecule has 3 aromatic rings. The Morgan fingerprint density at radius 3 is 1.91 bits per heavy atom. The van der Waals surface area contributed by atoms with E-state index in [9.17, 15) is 0 Å². The van der Waals surface area contributed by atoms with Crippen LogP contribution in [0.1, 0.15) is 11.1 Å². The van der Waals surface area contributed by atoms with E-state index in [0.29, 0.717) is 12.8 Å². The molecule has 0 saturated carbocycles. The Hall–Kier alpha value is -2.42. The molecule has 5 rings (SSSR count). The molecule has 0 unspecified atom stereocenters. The topological polar surface area (TPSA) is 24.1 Å². The molecule has 0 fully saturated rings. The summed E-state index contributed by atoms with van der Waals surface area (Å²) in [6.45, 7) is 0.299. The molecule has 106 valence electrons. The van der Waals surface area contributed by atoms with Gasteiger partial charge in [-0.1, -0.05) is 48.5 Å². The van der Waals surface area contributed by atoms with Crippen molar-refractivity contribution < 1.29 is 0 Å². The predicted molar refractivity (Wildman–Crippen MR) is 94.5 cm³/mol. The average molecular weight is 284 g/mol. The third kappa shape index (κ3) is 1.75. The monoisotopic (exact) mass is 284 g/mol. The molecule has 0 atom stereocenters. The summed E-state index contributed by atoms with van der Waals surface area (Å²) in [4.78, 5) is 0. The molecule has 2 nitrogen and oxygen atoms in total. The van der Waals surface area contributed by atoms with Gasteiger partial charge in [0, 0.05) is 16.8 Å². The van der Waals surface area contributed by atoms with E-state index >= 15 is 0 Å². The molecule has 0 aromatic heterocycles. The van der Waals surface area contributed by atoms with Crippen LogP contribution in [0.25, 0.3) is 10.8 Å². The molecule has 2 N–H and O–H groups in total. The second-order valence-electron chi connectivity index (χ2n) is 6.41. The molecular weight excluding hydrogens is 267 g/mol. The molecule has 3 heteroatoms. The summed E-state index contributed by atoms with van der Waals surface area (Å²) in [7, 11) is 0. The van der Waals surface area contributed by atoms with E-state index < -0.39 is 0 Å². The lowest BCUT2D eigenvalue weighted by Gasteiger charge is -2.30. The Bertz CT molecular complexity index is 808. The third-order valence-corrected chi connectivity index (χ3v) is 5.08. The van der Waals surface area contributed by atoms with Crippen LogP contribution < -0.4 is 10.5 Å². The second-order valence-corrected chi connectivity index (χ2v) is 6.41. The van der Waals surface area contributed by atoms with Gasteiger partial charge in [0.25, 0.3) is 0 Å². The van der Waals surface area contributed by atoms with Gasteiger partial charge in [-0.15, -0.1) is 0 Å². The largest absolute Gasteiger partial charge is 0.409 e. The normalized spacial score (nSPS) is 16.3. The number of hydrogen-bond donors (Lipinski definition) is 2. The van der Waals surface area contributed by atoms with Crippen LogP contribution in [0.15, 0.2) is 60.7 Å². The van der Waals surface area contributed by atoms with E-state index in [1.54, 1.807) is 0 Å². The van der Waals surface area contributed by atoms with Gasteiger partial charge in [0.2, 0.25) is 0 Å². The fourth-order valence-electron chi connectivity index (χ4n) is 4.02. The average Bonchev–Trinajstić information content (AvgIpc) is 2.99. The molecule has 2 aliphatic rings. The van der Waals surface area contributed by atoms with Crippen LogP contribution in [0.2, 0.25) is 5.82 Å². The standard InChI is InChI=1S/C19H17BN2/c1-2-6-15-12-16(11-14(15)5-1)20-21-17-9-3-7-13-8-4-10-18(22-20)19(13)17/h1-10,16,21-22H,11-12H2. The number of hydrogen-bond acceptors (Lipinski definition) is 2. The van der Waals surface area contributed by atoms with Gasteiger partial charge in [-0.2, -0.15) is 0 Å². The summed E-state index contributed by atoms with van der Waals surface area (Å²) < 4.78 is 0. The third-order valence-electron chi connectivity index (χ3n) is 5.08. The highest BCUT2D eigenvalue weighted by atomic mass is 15.0. The molecule has 1 aliphatic carbocycles. The van der Waals surface area contributed by atoms with Crippen molar-refractivity contribution in [3.63, 3.8) is 0 Å². The summed E-state index contributed by atoms with van der Waals surface area (Å²) in [5, 5.41) is 10.1. The molecule has 0 spiro atoms. The summed E-state index contributed by atoms with van der Waals surface area (Å²) in [5.41, 5.74) is 5.53. The van der Waals surface area contributed by atoms with Gasteiger partial charge < -0.3 is 10.5 Å². The fourth-order valence-corrected chi connectivity index (χ4v) is 4.02. The van der Waals surface area contributed by atoms with Gasteiger partial charge in [-0.3, -0.25) is 0 Å². The first-order valence-corrected chi connectivity index (χ1v) is 8.00. The SMILES string of the molecule is c1ccc2c(c1)CC(B1Nc3cccc4cccc(c34)N1)C2. The summed E-state index contributed by atoms with van der Waals surface area (Å²) in [6.07, 6.45) is 2.30. The molecule has 1 aliphatic heterocycles. The Morgan fingerprint density at radius 2 is 1.32 bits per heavy atom. The Balaban J connectivity index is 1.51. The van der Waals surface area contributed by atoms with Crippen LogP contribution in [-0.4, -0.2) is 6.98 Å². The zero-order valence-corrected chi connectivity index (χ0v) is 12.3. The van der Waals surface area contributed by atoms with Gasteiger partial charge in [0.15, 0.2) is 0 Å². The summed E-state index contributed by atoms with van der Waals surface area (Å²) >= 11 is 0.